The Morgan fingerprint density at radius 3 is 2.78 bits per heavy atom. The zero-order valence-corrected chi connectivity index (χ0v) is 13.3. The highest BCUT2D eigenvalue weighted by Crippen LogP contribution is 2.30. The van der Waals surface area contributed by atoms with Crippen LogP contribution in [0.4, 0.5) is 4.79 Å². The Bertz CT molecular complexity index is 674. The molecular weight excluding hydrogens is 296 g/mol. The molecule has 1 aromatic heterocycles. The van der Waals surface area contributed by atoms with Gasteiger partial charge in [-0.3, -0.25) is 0 Å². The maximum Gasteiger partial charge on any atom is 0.407 e. The highest BCUT2D eigenvalue weighted by molar-refractivity contribution is 5.83. The van der Waals surface area contributed by atoms with Crippen LogP contribution in [0.3, 0.4) is 0 Å². The fourth-order valence-electron chi connectivity index (χ4n) is 3.29. The molecule has 1 aromatic carbocycles. The molecule has 23 heavy (non-hydrogen) atoms. The number of fused-ring (bicyclic) bond motifs is 1. The van der Waals surface area contributed by atoms with Crippen molar-refractivity contribution in [2.45, 2.75) is 25.5 Å². The van der Waals surface area contributed by atoms with Gasteiger partial charge in [-0.1, -0.05) is 18.2 Å². The number of amides is 1. The Hall–Kier alpha value is -2.05. The van der Waals surface area contributed by atoms with Crippen LogP contribution in [0.1, 0.15) is 24.4 Å². The van der Waals surface area contributed by atoms with E-state index in [1.807, 2.05) is 6.07 Å². The monoisotopic (exact) mass is 318 g/mol. The third-order valence-corrected chi connectivity index (χ3v) is 4.41. The van der Waals surface area contributed by atoms with Crippen LogP contribution in [-0.2, 0) is 16.1 Å². The number of hydrogen-bond donors (Lipinski definition) is 1. The van der Waals surface area contributed by atoms with Crippen molar-refractivity contribution in [3.05, 3.63) is 36.0 Å². The normalized spacial score (nSPS) is 16.1. The van der Waals surface area contributed by atoms with Crippen molar-refractivity contribution >= 4 is 17.0 Å². The first kappa shape index (κ1) is 15.8. The van der Waals surface area contributed by atoms with Crippen molar-refractivity contribution < 1.29 is 19.4 Å². The molecule has 0 radical (unpaired) electrons. The first-order valence-electron chi connectivity index (χ1n) is 7.83. The average molecular weight is 318 g/mol. The molecule has 6 heteroatoms. The van der Waals surface area contributed by atoms with Crippen LogP contribution in [0.5, 0.6) is 0 Å². The number of carbonyl (C=O) groups is 1. The molecule has 1 aliphatic heterocycles. The van der Waals surface area contributed by atoms with Gasteiger partial charge in [0.25, 0.3) is 0 Å². The van der Waals surface area contributed by atoms with Gasteiger partial charge in [0.05, 0.1) is 12.1 Å². The Morgan fingerprint density at radius 1 is 1.30 bits per heavy atom. The Morgan fingerprint density at radius 2 is 2.09 bits per heavy atom. The van der Waals surface area contributed by atoms with Crippen LogP contribution in [0.2, 0.25) is 0 Å². The van der Waals surface area contributed by atoms with Gasteiger partial charge in [-0.15, -0.1) is 0 Å². The van der Waals surface area contributed by atoms with Crippen molar-refractivity contribution in [3.8, 4) is 0 Å². The van der Waals surface area contributed by atoms with Crippen molar-refractivity contribution in [1.29, 1.82) is 0 Å². The van der Waals surface area contributed by atoms with E-state index < -0.39 is 6.09 Å². The second-order valence-corrected chi connectivity index (χ2v) is 5.83. The van der Waals surface area contributed by atoms with E-state index in [0.29, 0.717) is 25.7 Å². The minimum Gasteiger partial charge on any atom is -0.465 e. The number of aromatic nitrogens is 1. The molecule has 0 bridgehead atoms. The zero-order chi connectivity index (χ0) is 16.2. The van der Waals surface area contributed by atoms with E-state index in [0.717, 1.165) is 18.4 Å². The largest absolute Gasteiger partial charge is 0.465 e. The lowest BCUT2D eigenvalue weighted by Crippen LogP contribution is -2.38. The number of hydrogen-bond acceptors (Lipinski definition) is 3. The van der Waals surface area contributed by atoms with Gasteiger partial charge in [-0.05, 0) is 24.3 Å². The number of ether oxygens (including phenoxy) is 2. The van der Waals surface area contributed by atoms with Crippen LogP contribution in [0.25, 0.3) is 10.9 Å². The van der Waals surface area contributed by atoms with Gasteiger partial charge in [0, 0.05) is 38.0 Å². The lowest BCUT2D eigenvalue weighted by molar-refractivity contribution is -0.0387. The molecular formula is C17H22N2O4. The summed E-state index contributed by atoms with van der Waals surface area (Å²) in [5.74, 6) is 0. The molecule has 1 fully saturated rings. The van der Waals surface area contributed by atoms with Crippen LogP contribution < -0.4 is 0 Å². The number of carboxylic acid groups (broad SMARTS) is 1. The van der Waals surface area contributed by atoms with Crippen molar-refractivity contribution in [2.24, 2.45) is 0 Å². The lowest BCUT2D eigenvalue weighted by atomic mass is 10.0. The van der Waals surface area contributed by atoms with E-state index in [1.165, 1.54) is 15.8 Å². The van der Waals surface area contributed by atoms with Crippen LogP contribution in [-0.4, -0.2) is 47.7 Å². The quantitative estimate of drug-likeness (QED) is 0.680. The van der Waals surface area contributed by atoms with Gasteiger partial charge in [0.2, 0.25) is 0 Å². The number of piperidine rings is 1. The molecule has 1 saturated heterocycles. The standard InChI is InChI=1S/C17H22N2O4/c1-22-12-23-11-14-4-2-3-13-5-10-19(16(13)14)15-6-8-18(9-7-15)17(20)21/h2-5,10,15H,6-9,11-12H2,1H3,(H,20,21). The lowest BCUT2D eigenvalue weighted by Gasteiger charge is -2.31. The number of nitrogens with zero attached hydrogens (tertiary/aromatic N) is 2. The first-order valence-corrected chi connectivity index (χ1v) is 7.83. The minimum atomic E-state index is -0.825. The predicted octanol–water partition coefficient (Wildman–Crippen LogP) is 3.08. The number of rotatable bonds is 5. The van der Waals surface area contributed by atoms with Crippen molar-refractivity contribution in [3.63, 3.8) is 0 Å². The number of methoxy groups -OCH3 is 1. The van der Waals surface area contributed by atoms with Crippen LogP contribution >= 0.6 is 0 Å². The van der Waals surface area contributed by atoms with Gasteiger partial charge in [0.15, 0.2) is 0 Å². The summed E-state index contributed by atoms with van der Waals surface area (Å²) < 4.78 is 12.7. The smallest absolute Gasteiger partial charge is 0.407 e. The zero-order valence-electron chi connectivity index (χ0n) is 13.3. The molecule has 3 rings (SSSR count). The molecule has 0 saturated carbocycles. The number of likely N-dealkylation sites (tertiary alicyclic amines) is 1. The topological polar surface area (TPSA) is 63.9 Å². The van der Waals surface area contributed by atoms with E-state index in [4.69, 9.17) is 14.6 Å². The van der Waals surface area contributed by atoms with Gasteiger partial charge in [-0.2, -0.15) is 0 Å². The highest BCUT2D eigenvalue weighted by Gasteiger charge is 2.24. The molecule has 2 aromatic rings. The fraction of sp³-hybridized carbons (Fsp3) is 0.471. The molecule has 0 aliphatic carbocycles. The molecule has 0 atom stereocenters. The van der Waals surface area contributed by atoms with Crippen LogP contribution in [0, 0.1) is 0 Å². The SMILES string of the molecule is COCOCc1cccc2ccn(C3CCN(C(=O)O)CC3)c12. The summed E-state index contributed by atoms with van der Waals surface area (Å²) in [5, 5.41) is 10.3. The van der Waals surface area contributed by atoms with E-state index in [9.17, 15) is 4.79 Å². The van der Waals surface area contributed by atoms with Crippen molar-refractivity contribution in [1.82, 2.24) is 9.47 Å². The highest BCUT2D eigenvalue weighted by atomic mass is 16.7. The molecule has 2 heterocycles. The second kappa shape index (κ2) is 7.02. The Labute approximate surface area is 135 Å². The molecule has 1 aliphatic rings. The summed E-state index contributed by atoms with van der Waals surface area (Å²) in [5.41, 5.74) is 2.31. The third kappa shape index (κ3) is 3.33. The molecule has 6 nitrogen and oxygen atoms in total. The third-order valence-electron chi connectivity index (χ3n) is 4.41. The number of benzene rings is 1. The maximum absolute atomic E-state index is 11.1. The van der Waals surface area contributed by atoms with E-state index in [-0.39, 0.29) is 6.79 Å². The van der Waals surface area contributed by atoms with E-state index in [2.05, 4.69) is 29.0 Å². The summed E-state index contributed by atoms with van der Waals surface area (Å²) in [6, 6.07) is 8.63. The first-order chi connectivity index (χ1) is 11.2. The predicted molar refractivity (Wildman–Crippen MR) is 86.5 cm³/mol. The number of para-hydroxylation sites is 1. The summed E-state index contributed by atoms with van der Waals surface area (Å²) in [7, 11) is 1.61. The molecule has 1 N–H and O–H groups in total. The van der Waals surface area contributed by atoms with Gasteiger partial charge >= 0.3 is 6.09 Å². The molecule has 1 amide bonds. The van der Waals surface area contributed by atoms with E-state index >= 15 is 0 Å². The Kier molecular flexibility index (Phi) is 4.83. The summed E-state index contributed by atoms with van der Waals surface area (Å²) >= 11 is 0. The van der Waals surface area contributed by atoms with Crippen molar-refractivity contribution in [2.75, 3.05) is 27.0 Å². The molecule has 0 unspecified atom stereocenters. The fourth-order valence-corrected chi connectivity index (χ4v) is 3.29. The van der Waals surface area contributed by atoms with Gasteiger partial charge in [0.1, 0.15) is 6.79 Å². The van der Waals surface area contributed by atoms with Gasteiger partial charge < -0.3 is 24.0 Å². The molecule has 0 spiro atoms. The summed E-state index contributed by atoms with van der Waals surface area (Å²) in [6.45, 7) is 1.95. The Balaban J connectivity index is 1.82. The minimum absolute atomic E-state index is 0.272. The summed E-state index contributed by atoms with van der Waals surface area (Å²) in [6.07, 6.45) is 2.95. The second-order valence-electron chi connectivity index (χ2n) is 5.83. The van der Waals surface area contributed by atoms with Gasteiger partial charge in [-0.25, -0.2) is 4.79 Å². The maximum atomic E-state index is 11.1. The molecule has 124 valence electrons. The summed E-state index contributed by atoms with van der Waals surface area (Å²) in [4.78, 5) is 12.5. The van der Waals surface area contributed by atoms with Crippen LogP contribution in [0.15, 0.2) is 30.5 Å². The average Bonchev–Trinajstić information content (AvgIpc) is 3.00. The van der Waals surface area contributed by atoms with E-state index in [1.54, 1.807) is 7.11 Å².